The van der Waals surface area contributed by atoms with Gasteiger partial charge in [0.1, 0.15) is 17.8 Å². The lowest BCUT2D eigenvalue weighted by atomic mass is 9.43. The lowest BCUT2D eigenvalue weighted by Gasteiger charge is -2.58. The highest BCUT2D eigenvalue weighted by Gasteiger charge is 2.84. The Bertz CT molecular complexity index is 977. The summed E-state index contributed by atoms with van der Waals surface area (Å²) < 4.78 is 18.5. The third-order valence-corrected chi connectivity index (χ3v) is 11.7. The predicted octanol–water partition coefficient (Wildman–Crippen LogP) is 3.68. The molecule has 0 radical (unpaired) electrons. The molecule has 0 aromatic heterocycles. The number of aliphatic hydroxyl groups excluding tert-OH is 1. The number of aliphatic carboxylic acids is 1. The molecule has 3 saturated carbocycles. The average molecular weight is 503 g/mol. The van der Waals surface area contributed by atoms with Crippen molar-refractivity contribution in [3.63, 3.8) is 0 Å². The van der Waals surface area contributed by atoms with Crippen LogP contribution in [-0.4, -0.2) is 60.3 Å². The molecule has 6 rings (SSSR count). The number of carbonyl (C=O) groups excluding carboxylic acids is 1. The fourth-order valence-corrected chi connectivity index (χ4v) is 10.3. The number of carboxylic acids is 1. The van der Waals surface area contributed by atoms with Crippen molar-refractivity contribution in [2.45, 2.75) is 84.9 Å². The Morgan fingerprint density at radius 2 is 1.97 bits per heavy atom. The summed E-state index contributed by atoms with van der Waals surface area (Å²) >= 11 is 0. The molecule has 4 unspecified atom stereocenters. The van der Waals surface area contributed by atoms with Crippen molar-refractivity contribution in [2.24, 2.45) is 57.7 Å². The Labute approximate surface area is 213 Å². The zero-order chi connectivity index (χ0) is 25.8. The molecule has 2 aliphatic heterocycles. The van der Waals surface area contributed by atoms with E-state index in [1.165, 1.54) is 0 Å². The van der Waals surface area contributed by atoms with Crippen molar-refractivity contribution in [3.8, 4) is 0 Å². The van der Waals surface area contributed by atoms with Crippen LogP contribution < -0.4 is 0 Å². The first-order chi connectivity index (χ1) is 17.1. The Kier molecular flexibility index (Phi) is 5.64. The van der Waals surface area contributed by atoms with Crippen LogP contribution in [0.25, 0.3) is 0 Å². The zero-order valence-electron chi connectivity index (χ0n) is 22.2. The largest absolute Gasteiger partial charge is 0.481 e. The lowest BCUT2D eigenvalue weighted by molar-refractivity contribution is -0.289. The molecule has 7 nitrogen and oxygen atoms in total. The van der Waals surface area contributed by atoms with Crippen molar-refractivity contribution < 1.29 is 34.0 Å². The Morgan fingerprint density at radius 1 is 1.22 bits per heavy atom. The monoisotopic (exact) mass is 502 g/mol. The van der Waals surface area contributed by atoms with Crippen molar-refractivity contribution in [1.29, 1.82) is 0 Å². The molecule has 0 aromatic carbocycles. The molecule has 5 fully saturated rings. The highest BCUT2D eigenvalue weighted by Crippen LogP contribution is 2.82. The second-order valence-electron chi connectivity index (χ2n) is 13.3. The van der Waals surface area contributed by atoms with E-state index in [0.29, 0.717) is 24.9 Å². The minimum Gasteiger partial charge on any atom is -0.481 e. The number of fused-ring (bicyclic) bond motifs is 3. The van der Waals surface area contributed by atoms with E-state index < -0.39 is 34.6 Å². The topological polar surface area (TPSA) is 102 Å². The number of carboxylic acid groups (broad SMARTS) is 1. The van der Waals surface area contributed by atoms with Gasteiger partial charge in [-0.05, 0) is 61.7 Å². The molecule has 4 aliphatic carbocycles. The number of carbonyl (C=O) groups is 2. The van der Waals surface area contributed by atoms with E-state index >= 15 is 0 Å². The van der Waals surface area contributed by atoms with Crippen LogP contribution in [0.3, 0.4) is 0 Å². The Morgan fingerprint density at radius 3 is 2.64 bits per heavy atom. The van der Waals surface area contributed by atoms with E-state index in [4.69, 9.17) is 14.2 Å². The van der Waals surface area contributed by atoms with E-state index in [0.717, 1.165) is 31.1 Å². The van der Waals surface area contributed by atoms with Crippen LogP contribution in [0.5, 0.6) is 0 Å². The number of aldehydes is 1. The third-order valence-electron chi connectivity index (χ3n) is 11.7. The summed E-state index contributed by atoms with van der Waals surface area (Å²) in [5, 5.41) is 22.4. The fourth-order valence-electron chi connectivity index (χ4n) is 10.3. The quantitative estimate of drug-likeness (QED) is 0.422. The minimum atomic E-state index is -1.27. The predicted molar refractivity (Wildman–Crippen MR) is 131 cm³/mol. The first-order valence-electron chi connectivity index (χ1n) is 14.0. The van der Waals surface area contributed by atoms with E-state index in [9.17, 15) is 19.8 Å². The number of rotatable bonds is 6. The summed E-state index contributed by atoms with van der Waals surface area (Å²) in [5.41, 5.74) is -2.01. The van der Waals surface area contributed by atoms with Crippen molar-refractivity contribution >= 4 is 12.3 Å². The number of ether oxygens (including phenoxy) is 3. The molecular weight excluding hydrogens is 460 g/mol. The minimum absolute atomic E-state index is 0.0225. The molecule has 0 aromatic rings. The van der Waals surface area contributed by atoms with Crippen molar-refractivity contribution in [1.82, 2.24) is 0 Å². The SMILES string of the molecule is CC(C)C1=CC2CC3(C=O)[C@@H]4CC[C@@H](C)[C@H]4CC2(CO[C@@H]2O[C@H](C)[C@H]4OC[C@H](C)[C@H]4[C@@H]2O)C13C(=O)O. The van der Waals surface area contributed by atoms with E-state index in [2.05, 4.69) is 19.9 Å². The summed E-state index contributed by atoms with van der Waals surface area (Å²) in [5.74, 6) is 0.0776. The third kappa shape index (κ3) is 2.73. The van der Waals surface area contributed by atoms with Gasteiger partial charge < -0.3 is 29.2 Å². The van der Waals surface area contributed by atoms with Gasteiger partial charge in [0.2, 0.25) is 0 Å². The van der Waals surface area contributed by atoms with Gasteiger partial charge in [-0.15, -0.1) is 0 Å². The maximum atomic E-state index is 13.6. The Balaban J connectivity index is 1.40. The number of hydrogen-bond acceptors (Lipinski definition) is 6. The second-order valence-corrected chi connectivity index (χ2v) is 13.3. The smallest absolute Gasteiger partial charge is 0.315 e. The fraction of sp³-hybridized carbons (Fsp3) is 0.862. The van der Waals surface area contributed by atoms with E-state index in [1.807, 2.05) is 20.8 Å². The first-order valence-corrected chi connectivity index (χ1v) is 14.0. The van der Waals surface area contributed by atoms with Crippen LogP contribution in [0.1, 0.15) is 60.3 Å². The van der Waals surface area contributed by atoms with Crippen LogP contribution in [0.15, 0.2) is 11.6 Å². The molecule has 6 aliphatic rings. The van der Waals surface area contributed by atoms with Crippen LogP contribution >= 0.6 is 0 Å². The van der Waals surface area contributed by atoms with Gasteiger partial charge in [-0.1, -0.05) is 45.8 Å². The molecule has 0 amide bonds. The molecule has 13 atom stereocenters. The van der Waals surface area contributed by atoms with Crippen LogP contribution in [0.2, 0.25) is 0 Å². The van der Waals surface area contributed by atoms with Gasteiger partial charge in [-0.3, -0.25) is 4.79 Å². The first kappa shape index (κ1) is 25.0. The molecule has 2 N–H and O–H groups in total. The molecule has 36 heavy (non-hydrogen) atoms. The average Bonchev–Trinajstić information content (AvgIpc) is 3.53. The van der Waals surface area contributed by atoms with Gasteiger partial charge >= 0.3 is 5.97 Å². The van der Waals surface area contributed by atoms with Crippen molar-refractivity contribution in [2.75, 3.05) is 13.2 Å². The summed E-state index contributed by atoms with van der Waals surface area (Å²) in [6.45, 7) is 11.1. The van der Waals surface area contributed by atoms with Gasteiger partial charge in [0.05, 0.1) is 30.8 Å². The summed E-state index contributed by atoms with van der Waals surface area (Å²) in [4.78, 5) is 26.7. The van der Waals surface area contributed by atoms with Gasteiger partial charge in [-0.25, -0.2) is 0 Å². The van der Waals surface area contributed by atoms with Crippen LogP contribution in [0.4, 0.5) is 0 Å². The molecular formula is C29H42O7. The normalized spacial score (nSPS) is 54.9. The molecule has 7 heteroatoms. The maximum absolute atomic E-state index is 13.6. The number of aliphatic hydroxyl groups is 1. The van der Waals surface area contributed by atoms with E-state index in [1.54, 1.807) is 0 Å². The highest BCUT2D eigenvalue weighted by atomic mass is 16.7. The molecule has 4 bridgehead atoms. The van der Waals surface area contributed by atoms with E-state index in [-0.39, 0.29) is 48.4 Å². The highest BCUT2D eigenvalue weighted by molar-refractivity contribution is 5.90. The van der Waals surface area contributed by atoms with Crippen LogP contribution in [-0.2, 0) is 23.8 Å². The van der Waals surface area contributed by atoms with Crippen LogP contribution in [0, 0.1) is 57.7 Å². The van der Waals surface area contributed by atoms with Gasteiger partial charge in [-0.2, -0.15) is 0 Å². The summed E-state index contributed by atoms with van der Waals surface area (Å²) in [6, 6.07) is 0. The molecule has 200 valence electrons. The standard InChI is InChI=1S/C29H42O7/c1-14(2)21-8-18-9-27(12-30)20-7-6-15(3)19(20)10-28(18,29(21,27)26(32)33)13-35-25-23(31)22-16(4)11-34-24(22)17(5)36-25/h8,12,14-20,22-25,31H,6-7,9-11,13H2,1-5H3,(H,32,33)/t15-,16+,17-,18?,19-,20-,22+,23+,24-,25-,27?,28?,29?/m1/s1. The lowest BCUT2D eigenvalue weighted by Crippen LogP contribution is -2.64. The van der Waals surface area contributed by atoms with Gasteiger partial charge in [0, 0.05) is 11.3 Å². The second kappa shape index (κ2) is 8.11. The van der Waals surface area contributed by atoms with Crippen molar-refractivity contribution in [3.05, 3.63) is 11.6 Å². The van der Waals surface area contributed by atoms with Gasteiger partial charge in [0.25, 0.3) is 0 Å². The maximum Gasteiger partial charge on any atom is 0.315 e. The summed E-state index contributed by atoms with van der Waals surface area (Å²) in [7, 11) is 0. The zero-order valence-corrected chi connectivity index (χ0v) is 22.2. The summed E-state index contributed by atoms with van der Waals surface area (Å²) in [6.07, 6.45) is 4.43. The van der Waals surface area contributed by atoms with Gasteiger partial charge in [0.15, 0.2) is 6.29 Å². The number of allylic oxidation sites excluding steroid dienone is 1. The number of hydrogen-bond donors (Lipinski definition) is 2. The molecule has 2 heterocycles. The molecule has 2 saturated heterocycles. The Hall–Kier alpha value is -1.28. The molecule has 0 spiro atoms.